The highest BCUT2D eigenvalue weighted by Crippen LogP contribution is 2.40. The standard InChI is InChI=1S/C23H27N5OS/c1-4-27(16(2)3)18-11-9-17(10-12-18)25-22(29)15-30-23-26-20-8-6-5-7-19(20)21-13-14-24-28(21)23/h5-12,14,16,21H,4,13,15H2,1-3H3,(H,25,29). The third-order valence-corrected chi connectivity index (χ3v) is 6.26. The van der Waals surface area contributed by atoms with Gasteiger partial charge in [-0.25, -0.2) is 10.0 Å². The maximum atomic E-state index is 12.5. The van der Waals surface area contributed by atoms with E-state index < -0.39 is 0 Å². The van der Waals surface area contributed by atoms with Crippen LogP contribution in [0.15, 0.2) is 58.6 Å². The van der Waals surface area contributed by atoms with E-state index in [1.165, 1.54) is 17.3 Å². The molecule has 30 heavy (non-hydrogen) atoms. The van der Waals surface area contributed by atoms with Gasteiger partial charge in [0.25, 0.3) is 0 Å². The Morgan fingerprint density at radius 2 is 2.00 bits per heavy atom. The van der Waals surface area contributed by atoms with E-state index in [4.69, 9.17) is 4.99 Å². The van der Waals surface area contributed by atoms with Gasteiger partial charge in [0.05, 0.1) is 17.5 Å². The number of amidine groups is 1. The van der Waals surface area contributed by atoms with Crippen molar-refractivity contribution in [3.63, 3.8) is 0 Å². The lowest BCUT2D eigenvalue weighted by Crippen LogP contribution is -2.30. The van der Waals surface area contributed by atoms with E-state index >= 15 is 0 Å². The number of carbonyl (C=O) groups excluding carboxylic acids is 1. The van der Waals surface area contributed by atoms with Crippen molar-refractivity contribution in [1.29, 1.82) is 0 Å². The number of nitrogens with one attached hydrogen (secondary N) is 1. The molecule has 2 heterocycles. The van der Waals surface area contributed by atoms with Gasteiger partial charge in [0.15, 0.2) is 5.17 Å². The second-order valence-electron chi connectivity index (χ2n) is 7.61. The molecule has 6 nitrogen and oxygen atoms in total. The molecule has 1 N–H and O–H groups in total. The van der Waals surface area contributed by atoms with Gasteiger partial charge in [0.2, 0.25) is 5.91 Å². The summed E-state index contributed by atoms with van der Waals surface area (Å²) in [5.41, 5.74) is 4.12. The number of nitrogens with zero attached hydrogens (tertiary/aromatic N) is 4. The summed E-state index contributed by atoms with van der Waals surface area (Å²) in [6.07, 6.45) is 2.78. The average Bonchev–Trinajstić information content (AvgIpc) is 3.24. The minimum Gasteiger partial charge on any atom is -0.369 e. The molecule has 7 heteroatoms. The van der Waals surface area contributed by atoms with Crippen molar-refractivity contribution in [3.8, 4) is 0 Å². The summed E-state index contributed by atoms with van der Waals surface area (Å²) >= 11 is 1.42. The maximum absolute atomic E-state index is 12.5. The predicted molar refractivity (Wildman–Crippen MR) is 127 cm³/mol. The molecule has 2 aromatic carbocycles. The molecule has 1 amide bonds. The lowest BCUT2D eigenvalue weighted by atomic mass is 10.0. The molecule has 4 rings (SSSR count). The smallest absolute Gasteiger partial charge is 0.234 e. The van der Waals surface area contributed by atoms with Gasteiger partial charge in [-0.15, -0.1) is 0 Å². The Morgan fingerprint density at radius 1 is 1.23 bits per heavy atom. The Kier molecular flexibility index (Phi) is 6.08. The SMILES string of the molecule is CCN(c1ccc(NC(=O)CSC2=Nc3ccccc3C3CC=NN23)cc1)C(C)C. The number of hydrogen-bond donors (Lipinski definition) is 1. The van der Waals surface area contributed by atoms with Crippen molar-refractivity contribution in [3.05, 3.63) is 54.1 Å². The highest BCUT2D eigenvalue weighted by Gasteiger charge is 2.32. The number of fused-ring (bicyclic) bond motifs is 3. The number of amides is 1. The maximum Gasteiger partial charge on any atom is 0.234 e. The van der Waals surface area contributed by atoms with Crippen LogP contribution in [0.3, 0.4) is 0 Å². The monoisotopic (exact) mass is 421 g/mol. The van der Waals surface area contributed by atoms with Crippen LogP contribution in [0.25, 0.3) is 0 Å². The third kappa shape index (κ3) is 4.21. The molecule has 0 spiro atoms. The fourth-order valence-electron chi connectivity index (χ4n) is 3.89. The van der Waals surface area contributed by atoms with Crippen molar-refractivity contribution >= 4 is 46.1 Å². The van der Waals surface area contributed by atoms with Gasteiger partial charge in [-0.3, -0.25) is 4.79 Å². The lowest BCUT2D eigenvalue weighted by molar-refractivity contribution is -0.113. The van der Waals surface area contributed by atoms with Crippen LogP contribution in [-0.4, -0.2) is 40.6 Å². The van der Waals surface area contributed by atoms with Crippen molar-refractivity contribution < 1.29 is 4.79 Å². The number of anilines is 2. The summed E-state index contributed by atoms with van der Waals surface area (Å²) in [5, 5.41) is 10.2. The Labute approximate surface area is 182 Å². The second kappa shape index (κ2) is 8.92. The molecule has 0 fully saturated rings. The Bertz CT molecular complexity index is 970. The molecule has 0 aliphatic carbocycles. The summed E-state index contributed by atoms with van der Waals surface area (Å²) in [7, 11) is 0. The Hall–Kier alpha value is -2.80. The third-order valence-electron chi connectivity index (χ3n) is 5.32. The molecule has 0 aromatic heterocycles. The van der Waals surface area contributed by atoms with Crippen molar-refractivity contribution in [2.75, 3.05) is 22.5 Å². The predicted octanol–water partition coefficient (Wildman–Crippen LogP) is 5.03. The molecule has 0 saturated heterocycles. The molecule has 2 aliphatic heterocycles. The molecule has 1 unspecified atom stereocenters. The highest BCUT2D eigenvalue weighted by atomic mass is 32.2. The molecule has 156 valence electrons. The van der Waals surface area contributed by atoms with E-state index in [9.17, 15) is 4.79 Å². The van der Waals surface area contributed by atoms with Crippen LogP contribution < -0.4 is 10.2 Å². The van der Waals surface area contributed by atoms with Gasteiger partial charge < -0.3 is 10.2 Å². The van der Waals surface area contributed by atoms with E-state index in [0.29, 0.717) is 6.04 Å². The zero-order valence-corrected chi connectivity index (χ0v) is 18.4. The van der Waals surface area contributed by atoms with E-state index in [2.05, 4.69) is 54.3 Å². The first-order valence-corrected chi connectivity index (χ1v) is 11.3. The lowest BCUT2D eigenvalue weighted by Gasteiger charge is -2.29. The number of hydrazone groups is 1. The van der Waals surface area contributed by atoms with E-state index in [1.807, 2.05) is 41.6 Å². The zero-order valence-electron chi connectivity index (χ0n) is 17.6. The summed E-state index contributed by atoms with van der Waals surface area (Å²) in [5.74, 6) is 0.236. The number of hydrogen-bond acceptors (Lipinski definition) is 6. The first-order valence-electron chi connectivity index (χ1n) is 10.4. The minimum atomic E-state index is -0.0507. The number of thioether (sulfide) groups is 1. The van der Waals surface area contributed by atoms with E-state index in [0.717, 1.165) is 35.2 Å². The van der Waals surface area contributed by atoms with Gasteiger partial charge in [-0.2, -0.15) is 5.10 Å². The molecular formula is C23H27N5OS. The van der Waals surface area contributed by atoms with Crippen molar-refractivity contribution in [2.45, 2.75) is 39.3 Å². The van der Waals surface area contributed by atoms with Gasteiger partial charge in [-0.05, 0) is 51.1 Å². The Balaban J connectivity index is 1.38. The van der Waals surface area contributed by atoms with Crippen LogP contribution in [0.1, 0.15) is 38.8 Å². The topological polar surface area (TPSA) is 60.3 Å². The average molecular weight is 422 g/mol. The molecule has 0 radical (unpaired) electrons. The van der Waals surface area contributed by atoms with Gasteiger partial charge in [0.1, 0.15) is 0 Å². The van der Waals surface area contributed by atoms with Crippen LogP contribution in [0.2, 0.25) is 0 Å². The number of rotatable bonds is 6. The molecular weight excluding hydrogens is 394 g/mol. The second-order valence-corrected chi connectivity index (χ2v) is 8.55. The number of carbonyl (C=O) groups is 1. The van der Waals surface area contributed by atoms with Crippen LogP contribution in [0.5, 0.6) is 0 Å². The van der Waals surface area contributed by atoms with Crippen LogP contribution in [-0.2, 0) is 4.79 Å². The fraction of sp³-hybridized carbons (Fsp3) is 0.348. The molecule has 0 saturated carbocycles. The normalized spacial score (nSPS) is 16.9. The molecule has 2 aliphatic rings. The summed E-state index contributed by atoms with van der Waals surface area (Å²) in [6.45, 7) is 7.45. The first kappa shape index (κ1) is 20.5. The van der Waals surface area contributed by atoms with Crippen LogP contribution in [0.4, 0.5) is 17.1 Å². The number of benzene rings is 2. The Morgan fingerprint density at radius 3 is 2.73 bits per heavy atom. The van der Waals surface area contributed by atoms with Crippen LogP contribution in [0, 0.1) is 0 Å². The van der Waals surface area contributed by atoms with Gasteiger partial charge >= 0.3 is 0 Å². The minimum absolute atomic E-state index is 0.0507. The largest absolute Gasteiger partial charge is 0.369 e. The molecule has 2 aromatic rings. The quantitative estimate of drug-likeness (QED) is 0.711. The van der Waals surface area contributed by atoms with E-state index in [1.54, 1.807) is 0 Å². The van der Waals surface area contributed by atoms with Gasteiger partial charge in [0, 0.05) is 42.2 Å². The summed E-state index contributed by atoms with van der Waals surface area (Å²) in [6, 6.07) is 16.8. The van der Waals surface area contributed by atoms with E-state index in [-0.39, 0.29) is 17.7 Å². The van der Waals surface area contributed by atoms with Crippen molar-refractivity contribution in [1.82, 2.24) is 5.01 Å². The summed E-state index contributed by atoms with van der Waals surface area (Å²) in [4.78, 5) is 19.6. The fourth-order valence-corrected chi connectivity index (χ4v) is 4.69. The van der Waals surface area contributed by atoms with Crippen LogP contribution >= 0.6 is 11.8 Å². The highest BCUT2D eigenvalue weighted by molar-refractivity contribution is 8.14. The van der Waals surface area contributed by atoms with Crippen molar-refractivity contribution in [2.24, 2.45) is 10.1 Å². The molecule has 0 bridgehead atoms. The summed E-state index contributed by atoms with van der Waals surface area (Å²) < 4.78 is 0. The first-order chi connectivity index (χ1) is 14.6. The zero-order chi connectivity index (χ0) is 21.1. The number of aliphatic imine (C=N–C) groups is 1. The number of para-hydroxylation sites is 1. The van der Waals surface area contributed by atoms with Gasteiger partial charge in [-0.1, -0.05) is 30.0 Å². The molecule has 1 atom stereocenters.